The number of carbonyl (C=O) groups excluding carboxylic acids is 1. The quantitative estimate of drug-likeness (QED) is 0.767. The number of benzene rings is 2. The van der Waals surface area contributed by atoms with Gasteiger partial charge in [-0.2, -0.15) is 13.2 Å². The number of rotatable bonds is 7. The maximum absolute atomic E-state index is 12.1. The Kier molecular flexibility index (Phi) is 6.74. The molecule has 1 amide bonds. The molecule has 0 aliphatic heterocycles. The van der Waals surface area contributed by atoms with E-state index in [1.54, 1.807) is 43.3 Å². The first-order valence-electron chi connectivity index (χ1n) is 7.71. The molecular formula is C18H17ClF3NO3. The summed E-state index contributed by atoms with van der Waals surface area (Å²) in [6.07, 6.45) is -5.10. The fourth-order valence-electron chi connectivity index (χ4n) is 1.97. The molecule has 0 heterocycles. The Morgan fingerprint density at radius 3 is 2.23 bits per heavy atom. The molecule has 0 saturated heterocycles. The van der Waals surface area contributed by atoms with Crippen molar-refractivity contribution in [2.45, 2.75) is 25.7 Å². The maximum Gasteiger partial charge on any atom is 0.422 e. The van der Waals surface area contributed by atoms with Crippen LogP contribution in [0.1, 0.15) is 12.5 Å². The van der Waals surface area contributed by atoms with E-state index in [1.165, 1.54) is 12.1 Å². The lowest BCUT2D eigenvalue weighted by Crippen LogP contribution is -2.35. The smallest absolute Gasteiger partial charge is 0.422 e. The zero-order valence-electron chi connectivity index (χ0n) is 13.8. The molecule has 0 bridgehead atoms. The Labute approximate surface area is 153 Å². The van der Waals surface area contributed by atoms with Crippen LogP contribution in [0, 0.1) is 0 Å². The first-order chi connectivity index (χ1) is 12.2. The highest BCUT2D eigenvalue weighted by Gasteiger charge is 2.28. The second kappa shape index (κ2) is 8.80. The number of halogens is 4. The molecule has 1 atom stereocenters. The minimum absolute atomic E-state index is 0.108. The summed E-state index contributed by atoms with van der Waals surface area (Å²) in [6.45, 7) is 0.480. The maximum atomic E-state index is 12.1. The highest BCUT2D eigenvalue weighted by Crippen LogP contribution is 2.19. The topological polar surface area (TPSA) is 47.6 Å². The lowest BCUT2D eigenvalue weighted by atomic mass is 10.2. The van der Waals surface area contributed by atoms with Crippen LogP contribution in [0.25, 0.3) is 0 Å². The average Bonchev–Trinajstić information content (AvgIpc) is 2.60. The van der Waals surface area contributed by atoms with E-state index in [4.69, 9.17) is 16.3 Å². The van der Waals surface area contributed by atoms with E-state index in [0.717, 1.165) is 5.56 Å². The Morgan fingerprint density at radius 2 is 1.65 bits per heavy atom. The minimum Gasteiger partial charge on any atom is -0.484 e. The second-order valence-electron chi connectivity index (χ2n) is 5.48. The van der Waals surface area contributed by atoms with Crippen LogP contribution >= 0.6 is 11.6 Å². The predicted molar refractivity (Wildman–Crippen MR) is 91.4 cm³/mol. The van der Waals surface area contributed by atoms with Gasteiger partial charge in [0, 0.05) is 11.6 Å². The van der Waals surface area contributed by atoms with Gasteiger partial charge in [-0.3, -0.25) is 4.79 Å². The van der Waals surface area contributed by atoms with Crippen molar-refractivity contribution < 1.29 is 27.4 Å². The Balaban J connectivity index is 1.80. The molecule has 0 aliphatic rings. The van der Waals surface area contributed by atoms with Crippen LogP contribution in [0.15, 0.2) is 48.5 Å². The van der Waals surface area contributed by atoms with Crippen LogP contribution in [0.3, 0.4) is 0 Å². The van der Waals surface area contributed by atoms with Crippen LogP contribution in [-0.2, 0) is 11.3 Å². The fourth-order valence-corrected chi connectivity index (χ4v) is 2.10. The van der Waals surface area contributed by atoms with Crippen molar-refractivity contribution in [1.29, 1.82) is 0 Å². The molecule has 0 aromatic heterocycles. The summed E-state index contributed by atoms with van der Waals surface area (Å²) in [6, 6.07) is 12.6. The summed E-state index contributed by atoms with van der Waals surface area (Å²) in [5.74, 6) is 0.303. The van der Waals surface area contributed by atoms with Gasteiger partial charge in [-0.1, -0.05) is 23.7 Å². The first kappa shape index (κ1) is 19.9. The third-order valence-electron chi connectivity index (χ3n) is 3.29. The van der Waals surface area contributed by atoms with Gasteiger partial charge in [0.1, 0.15) is 11.5 Å². The van der Waals surface area contributed by atoms with E-state index in [1.807, 2.05) is 0 Å². The summed E-state index contributed by atoms with van der Waals surface area (Å²) in [5, 5.41) is 3.26. The summed E-state index contributed by atoms with van der Waals surface area (Å²) in [7, 11) is 0. The molecule has 0 saturated carbocycles. The molecule has 1 N–H and O–H groups in total. The third-order valence-corrected chi connectivity index (χ3v) is 3.54. The number of carbonyl (C=O) groups is 1. The van der Waals surface area contributed by atoms with E-state index in [2.05, 4.69) is 10.1 Å². The monoisotopic (exact) mass is 387 g/mol. The van der Waals surface area contributed by atoms with Gasteiger partial charge >= 0.3 is 6.18 Å². The molecule has 8 heteroatoms. The zero-order chi connectivity index (χ0) is 19.2. The number of ether oxygens (including phenoxy) is 2. The Bertz CT molecular complexity index is 718. The molecule has 1 unspecified atom stereocenters. The molecule has 2 aromatic carbocycles. The van der Waals surface area contributed by atoms with Gasteiger partial charge in [0.2, 0.25) is 0 Å². The van der Waals surface area contributed by atoms with Crippen LogP contribution in [0.4, 0.5) is 13.2 Å². The minimum atomic E-state index is -4.38. The van der Waals surface area contributed by atoms with Gasteiger partial charge in [0.05, 0.1) is 0 Å². The SMILES string of the molecule is CC(Oc1ccc(Cl)cc1)C(=O)NCc1ccc(OCC(F)(F)F)cc1. The number of alkyl halides is 3. The summed E-state index contributed by atoms with van der Waals surface area (Å²) in [5.41, 5.74) is 0.719. The molecule has 2 aromatic rings. The summed E-state index contributed by atoms with van der Waals surface area (Å²) >= 11 is 5.78. The first-order valence-corrected chi connectivity index (χ1v) is 8.09. The number of amides is 1. The molecule has 0 spiro atoms. The van der Waals surface area contributed by atoms with Crippen LogP contribution < -0.4 is 14.8 Å². The molecule has 0 fully saturated rings. The summed E-state index contributed by atoms with van der Waals surface area (Å²) in [4.78, 5) is 12.1. The third kappa shape index (κ3) is 6.84. The van der Waals surface area contributed by atoms with Crippen molar-refractivity contribution in [1.82, 2.24) is 5.32 Å². The van der Waals surface area contributed by atoms with Crippen LogP contribution in [0.5, 0.6) is 11.5 Å². The van der Waals surface area contributed by atoms with Crippen molar-refractivity contribution in [3.05, 3.63) is 59.1 Å². The predicted octanol–water partition coefficient (Wildman–Crippen LogP) is 4.36. The van der Waals surface area contributed by atoms with Gasteiger partial charge in [0.15, 0.2) is 12.7 Å². The second-order valence-corrected chi connectivity index (χ2v) is 5.92. The van der Waals surface area contributed by atoms with Gasteiger partial charge in [-0.15, -0.1) is 0 Å². The number of hydrogen-bond acceptors (Lipinski definition) is 3. The fraction of sp³-hybridized carbons (Fsp3) is 0.278. The summed E-state index contributed by atoms with van der Waals surface area (Å²) < 4.78 is 46.4. The van der Waals surface area contributed by atoms with E-state index in [0.29, 0.717) is 10.8 Å². The average molecular weight is 388 g/mol. The number of nitrogens with one attached hydrogen (secondary N) is 1. The molecule has 0 radical (unpaired) electrons. The number of hydrogen-bond donors (Lipinski definition) is 1. The Hall–Kier alpha value is -2.41. The van der Waals surface area contributed by atoms with Gasteiger partial charge < -0.3 is 14.8 Å². The molecular weight excluding hydrogens is 371 g/mol. The van der Waals surface area contributed by atoms with Crippen molar-refractivity contribution in [2.24, 2.45) is 0 Å². The van der Waals surface area contributed by atoms with E-state index < -0.39 is 18.9 Å². The van der Waals surface area contributed by atoms with E-state index in [-0.39, 0.29) is 18.2 Å². The molecule has 140 valence electrons. The normalized spacial score (nSPS) is 12.3. The highest BCUT2D eigenvalue weighted by molar-refractivity contribution is 6.30. The highest BCUT2D eigenvalue weighted by atomic mass is 35.5. The van der Waals surface area contributed by atoms with Crippen molar-refractivity contribution in [3.8, 4) is 11.5 Å². The van der Waals surface area contributed by atoms with Gasteiger partial charge in [-0.25, -0.2) is 0 Å². The van der Waals surface area contributed by atoms with E-state index in [9.17, 15) is 18.0 Å². The Morgan fingerprint density at radius 1 is 1.08 bits per heavy atom. The molecule has 4 nitrogen and oxygen atoms in total. The van der Waals surface area contributed by atoms with Crippen molar-refractivity contribution in [3.63, 3.8) is 0 Å². The molecule has 26 heavy (non-hydrogen) atoms. The largest absolute Gasteiger partial charge is 0.484 e. The lowest BCUT2D eigenvalue weighted by molar-refractivity contribution is -0.153. The van der Waals surface area contributed by atoms with Crippen molar-refractivity contribution >= 4 is 17.5 Å². The van der Waals surface area contributed by atoms with Gasteiger partial charge in [0.25, 0.3) is 5.91 Å². The molecule has 2 rings (SSSR count). The zero-order valence-corrected chi connectivity index (χ0v) is 14.6. The van der Waals surface area contributed by atoms with Crippen LogP contribution in [-0.4, -0.2) is 24.8 Å². The molecule has 0 aliphatic carbocycles. The van der Waals surface area contributed by atoms with Crippen molar-refractivity contribution in [2.75, 3.05) is 6.61 Å². The van der Waals surface area contributed by atoms with Gasteiger partial charge in [-0.05, 0) is 48.9 Å². The lowest BCUT2D eigenvalue weighted by Gasteiger charge is -2.15. The van der Waals surface area contributed by atoms with Crippen LogP contribution in [0.2, 0.25) is 5.02 Å². The standard InChI is InChI=1S/C18H17ClF3NO3/c1-12(26-16-8-4-14(19)5-9-16)17(24)23-10-13-2-6-15(7-3-13)25-11-18(20,21)22/h2-9,12H,10-11H2,1H3,(H,23,24). The van der Waals surface area contributed by atoms with E-state index >= 15 is 0 Å².